The summed E-state index contributed by atoms with van der Waals surface area (Å²) >= 11 is 0. The number of benzene rings is 2. The molecule has 0 aliphatic carbocycles. The van der Waals surface area contributed by atoms with Crippen LogP contribution in [0.3, 0.4) is 0 Å². The Labute approximate surface area is 142 Å². The second-order valence-corrected chi connectivity index (χ2v) is 6.46. The standard InChI is InChI=1S/C20H22O4/c1-12-4-6-18-19(13(12)2)23-11-16(24-18)10-15-5-7-17-20(14(15)3)22-9-8-21-17/h4-7,16H,8-11H2,1-3H3. The van der Waals surface area contributed by atoms with Crippen molar-refractivity contribution in [3.05, 3.63) is 46.5 Å². The third kappa shape index (κ3) is 2.56. The monoisotopic (exact) mass is 326 g/mol. The van der Waals surface area contributed by atoms with Gasteiger partial charge in [0.2, 0.25) is 0 Å². The van der Waals surface area contributed by atoms with Gasteiger partial charge >= 0.3 is 0 Å². The van der Waals surface area contributed by atoms with Crippen LogP contribution in [0.1, 0.15) is 22.3 Å². The van der Waals surface area contributed by atoms with Gasteiger partial charge in [-0.2, -0.15) is 0 Å². The van der Waals surface area contributed by atoms with Crippen LogP contribution in [0.15, 0.2) is 24.3 Å². The molecule has 2 aliphatic heterocycles. The summed E-state index contributed by atoms with van der Waals surface area (Å²) in [6.45, 7) is 8.01. The predicted octanol–water partition coefficient (Wildman–Crippen LogP) is 3.77. The Kier molecular flexibility index (Phi) is 3.75. The molecule has 4 rings (SSSR count). The van der Waals surface area contributed by atoms with Gasteiger partial charge in [-0.15, -0.1) is 0 Å². The lowest BCUT2D eigenvalue weighted by molar-refractivity contribution is 0.0902. The Morgan fingerprint density at radius 3 is 2.46 bits per heavy atom. The Morgan fingerprint density at radius 2 is 1.58 bits per heavy atom. The fourth-order valence-corrected chi connectivity index (χ4v) is 3.29. The molecule has 126 valence electrons. The van der Waals surface area contributed by atoms with Crippen LogP contribution in [0.25, 0.3) is 0 Å². The van der Waals surface area contributed by atoms with E-state index >= 15 is 0 Å². The average molecular weight is 326 g/mol. The maximum Gasteiger partial charge on any atom is 0.164 e. The summed E-state index contributed by atoms with van der Waals surface area (Å²) in [7, 11) is 0. The summed E-state index contributed by atoms with van der Waals surface area (Å²) in [5.74, 6) is 3.41. The van der Waals surface area contributed by atoms with Gasteiger partial charge in [0.15, 0.2) is 23.0 Å². The van der Waals surface area contributed by atoms with Crippen molar-refractivity contribution in [2.45, 2.75) is 33.3 Å². The molecule has 0 N–H and O–H groups in total. The molecule has 0 spiro atoms. The quantitative estimate of drug-likeness (QED) is 0.842. The van der Waals surface area contributed by atoms with Crippen molar-refractivity contribution in [3.8, 4) is 23.0 Å². The van der Waals surface area contributed by atoms with Crippen molar-refractivity contribution in [1.82, 2.24) is 0 Å². The minimum atomic E-state index is 0.000801. The first-order valence-corrected chi connectivity index (χ1v) is 8.41. The molecule has 0 saturated heterocycles. The van der Waals surface area contributed by atoms with Crippen molar-refractivity contribution in [1.29, 1.82) is 0 Å². The van der Waals surface area contributed by atoms with E-state index in [1.54, 1.807) is 0 Å². The van der Waals surface area contributed by atoms with Crippen LogP contribution in [-0.2, 0) is 6.42 Å². The normalized spacial score (nSPS) is 18.4. The molecule has 1 unspecified atom stereocenters. The van der Waals surface area contributed by atoms with Crippen LogP contribution in [-0.4, -0.2) is 25.9 Å². The Hall–Kier alpha value is -2.36. The van der Waals surface area contributed by atoms with Crippen LogP contribution in [0.5, 0.6) is 23.0 Å². The molecule has 2 aliphatic rings. The largest absolute Gasteiger partial charge is 0.486 e. The molecule has 0 saturated carbocycles. The SMILES string of the molecule is Cc1ccc2c(c1C)OCC(Cc1ccc3c(c1C)OCCO3)O2. The van der Waals surface area contributed by atoms with E-state index in [9.17, 15) is 0 Å². The van der Waals surface area contributed by atoms with Crippen molar-refractivity contribution in [2.24, 2.45) is 0 Å². The molecular formula is C20H22O4. The highest BCUT2D eigenvalue weighted by Gasteiger charge is 2.25. The van der Waals surface area contributed by atoms with Crippen LogP contribution >= 0.6 is 0 Å². The van der Waals surface area contributed by atoms with Gasteiger partial charge in [-0.25, -0.2) is 0 Å². The van der Waals surface area contributed by atoms with Gasteiger partial charge in [-0.1, -0.05) is 12.1 Å². The molecule has 4 heteroatoms. The average Bonchev–Trinajstić information content (AvgIpc) is 2.61. The zero-order chi connectivity index (χ0) is 16.7. The van der Waals surface area contributed by atoms with Crippen LogP contribution in [0.4, 0.5) is 0 Å². The molecule has 0 fully saturated rings. The highest BCUT2D eigenvalue weighted by atomic mass is 16.6. The summed E-state index contributed by atoms with van der Waals surface area (Å²) in [5.41, 5.74) is 4.71. The number of rotatable bonds is 2. The Morgan fingerprint density at radius 1 is 0.833 bits per heavy atom. The number of fused-ring (bicyclic) bond motifs is 2. The van der Waals surface area contributed by atoms with Gasteiger partial charge in [-0.3, -0.25) is 0 Å². The van der Waals surface area contributed by atoms with Crippen molar-refractivity contribution < 1.29 is 18.9 Å². The van der Waals surface area contributed by atoms with Crippen molar-refractivity contribution >= 4 is 0 Å². The highest BCUT2D eigenvalue weighted by molar-refractivity contribution is 5.52. The minimum absolute atomic E-state index is 0.000801. The smallest absolute Gasteiger partial charge is 0.164 e. The first-order valence-electron chi connectivity index (χ1n) is 8.41. The Bertz CT molecular complexity index is 782. The molecule has 0 radical (unpaired) electrons. The summed E-state index contributed by atoms with van der Waals surface area (Å²) in [4.78, 5) is 0. The van der Waals surface area contributed by atoms with Crippen molar-refractivity contribution in [3.63, 3.8) is 0 Å². The third-order valence-corrected chi connectivity index (χ3v) is 4.86. The second-order valence-electron chi connectivity index (χ2n) is 6.46. The van der Waals surface area contributed by atoms with E-state index in [1.165, 1.54) is 11.1 Å². The lowest BCUT2D eigenvalue weighted by Crippen LogP contribution is -2.31. The van der Waals surface area contributed by atoms with Gasteiger partial charge < -0.3 is 18.9 Å². The fourth-order valence-electron chi connectivity index (χ4n) is 3.29. The Balaban J connectivity index is 1.56. The first-order chi connectivity index (χ1) is 11.6. The number of ether oxygens (including phenoxy) is 4. The van der Waals surface area contributed by atoms with Gasteiger partial charge in [0.05, 0.1) is 0 Å². The molecule has 0 amide bonds. The molecule has 1 atom stereocenters. The predicted molar refractivity (Wildman–Crippen MR) is 91.7 cm³/mol. The number of aryl methyl sites for hydroxylation is 1. The van der Waals surface area contributed by atoms with E-state index in [2.05, 4.69) is 32.9 Å². The minimum Gasteiger partial charge on any atom is -0.486 e. The zero-order valence-electron chi connectivity index (χ0n) is 14.3. The lowest BCUT2D eigenvalue weighted by atomic mass is 10.00. The molecule has 0 bridgehead atoms. The maximum absolute atomic E-state index is 6.17. The topological polar surface area (TPSA) is 36.9 Å². The third-order valence-electron chi connectivity index (χ3n) is 4.86. The van der Waals surface area contributed by atoms with Crippen LogP contribution in [0, 0.1) is 20.8 Å². The summed E-state index contributed by atoms with van der Waals surface area (Å²) in [5, 5.41) is 0. The van der Waals surface area contributed by atoms with Gasteiger partial charge in [0.1, 0.15) is 25.9 Å². The van der Waals surface area contributed by atoms with Gasteiger partial charge in [0, 0.05) is 6.42 Å². The first kappa shape index (κ1) is 15.2. The van der Waals surface area contributed by atoms with E-state index in [0.717, 1.165) is 40.5 Å². The van der Waals surface area contributed by atoms with E-state index in [1.807, 2.05) is 12.1 Å². The maximum atomic E-state index is 6.17. The molecule has 0 aromatic heterocycles. The van der Waals surface area contributed by atoms with Crippen molar-refractivity contribution in [2.75, 3.05) is 19.8 Å². The summed E-state index contributed by atoms with van der Waals surface area (Å²) in [6, 6.07) is 8.17. The van der Waals surface area contributed by atoms with Gasteiger partial charge in [-0.05, 0) is 55.2 Å². The van der Waals surface area contributed by atoms with Crippen LogP contribution in [0.2, 0.25) is 0 Å². The molecule has 2 aromatic rings. The molecule has 2 heterocycles. The second kappa shape index (κ2) is 5.93. The number of hydrogen-bond acceptors (Lipinski definition) is 4. The molecular weight excluding hydrogens is 304 g/mol. The summed E-state index contributed by atoms with van der Waals surface area (Å²) in [6.07, 6.45) is 0.787. The molecule has 24 heavy (non-hydrogen) atoms. The van der Waals surface area contributed by atoms with E-state index < -0.39 is 0 Å². The van der Waals surface area contributed by atoms with Crippen LogP contribution < -0.4 is 18.9 Å². The lowest BCUT2D eigenvalue weighted by Gasteiger charge is -2.29. The van der Waals surface area contributed by atoms with E-state index in [-0.39, 0.29) is 6.10 Å². The number of hydrogen-bond donors (Lipinski definition) is 0. The highest BCUT2D eigenvalue weighted by Crippen LogP contribution is 2.39. The fraction of sp³-hybridized carbons (Fsp3) is 0.400. The molecule has 2 aromatic carbocycles. The van der Waals surface area contributed by atoms with Gasteiger partial charge in [0.25, 0.3) is 0 Å². The zero-order valence-corrected chi connectivity index (χ0v) is 14.3. The summed E-state index contributed by atoms with van der Waals surface area (Å²) < 4.78 is 23.6. The molecule has 4 nitrogen and oxygen atoms in total. The van der Waals surface area contributed by atoms with E-state index in [4.69, 9.17) is 18.9 Å². The van der Waals surface area contributed by atoms with E-state index in [0.29, 0.717) is 19.8 Å².